The lowest BCUT2D eigenvalue weighted by atomic mass is 10.2. The molecular weight excluding hydrogens is 386 g/mol. The molecule has 0 saturated heterocycles. The first-order valence-electron chi connectivity index (χ1n) is 7.87. The molecule has 0 fully saturated rings. The van der Waals surface area contributed by atoms with E-state index in [9.17, 15) is 9.59 Å². The Morgan fingerprint density at radius 3 is 2.48 bits per heavy atom. The Labute approximate surface area is 155 Å². The second-order valence-electron chi connectivity index (χ2n) is 5.50. The van der Waals surface area contributed by atoms with Gasteiger partial charge in [-0.15, -0.1) is 0 Å². The fourth-order valence-corrected chi connectivity index (χ4v) is 2.78. The molecule has 2 rings (SSSR count). The summed E-state index contributed by atoms with van der Waals surface area (Å²) in [7, 11) is 1.33. The fourth-order valence-electron chi connectivity index (χ4n) is 2.17. The number of esters is 1. The topological polar surface area (TPSA) is 64.6 Å². The molecule has 0 aliphatic heterocycles. The minimum absolute atomic E-state index is 0.0996. The van der Waals surface area contributed by atoms with Gasteiger partial charge in [0.05, 0.1) is 23.8 Å². The van der Waals surface area contributed by atoms with Gasteiger partial charge in [0.15, 0.2) is 0 Å². The summed E-state index contributed by atoms with van der Waals surface area (Å²) in [6.07, 6.45) is 0.953. The molecule has 0 bridgehead atoms. The number of halogens is 1. The summed E-state index contributed by atoms with van der Waals surface area (Å²) in [5.74, 6) is 0.263. The van der Waals surface area contributed by atoms with E-state index in [1.165, 1.54) is 7.11 Å². The van der Waals surface area contributed by atoms with Crippen LogP contribution in [-0.2, 0) is 9.53 Å². The molecular formula is C19H20BrNO4. The van der Waals surface area contributed by atoms with Gasteiger partial charge in [0.25, 0.3) is 0 Å². The van der Waals surface area contributed by atoms with Gasteiger partial charge in [-0.25, -0.2) is 4.79 Å². The van der Waals surface area contributed by atoms with Crippen LogP contribution in [0.15, 0.2) is 46.9 Å². The number of hydrogen-bond acceptors (Lipinski definition) is 4. The number of carbonyl (C=O) groups excluding carboxylic acids is 2. The highest BCUT2D eigenvalue weighted by Gasteiger charge is 2.07. The van der Waals surface area contributed by atoms with Crippen molar-refractivity contribution < 1.29 is 19.1 Å². The number of hydrogen-bond donors (Lipinski definition) is 1. The maximum absolute atomic E-state index is 11.9. The van der Waals surface area contributed by atoms with E-state index in [2.05, 4.69) is 26.0 Å². The van der Waals surface area contributed by atoms with Gasteiger partial charge >= 0.3 is 5.97 Å². The summed E-state index contributed by atoms with van der Waals surface area (Å²) in [6.45, 7) is 2.47. The summed E-state index contributed by atoms with van der Waals surface area (Å²) in [4.78, 5) is 23.3. The van der Waals surface area contributed by atoms with E-state index in [1.54, 1.807) is 24.3 Å². The highest BCUT2D eigenvalue weighted by atomic mass is 79.9. The summed E-state index contributed by atoms with van der Waals surface area (Å²) in [6, 6.07) is 12.4. The Morgan fingerprint density at radius 1 is 1.12 bits per heavy atom. The van der Waals surface area contributed by atoms with Gasteiger partial charge in [-0.3, -0.25) is 4.79 Å². The van der Waals surface area contributed by atoms with Crippen molar-refractivity contribution in [3.05, 3.63) is 58.1 Å². The third-order valence-electron chi connectivity index (χ3n) is 3.48. The molecule has 132 valence electrons. The number of methoxy groups -OCH3 is 1. The van der Waals surface area contributed by atoms with Crippen molar-refractivity contribution in [2.75, 3.05) is 19.0 Å². The smallest absolute Gasteiger partial charge is 0.337 e. The molecule has 5 nitrogen and oxygen atoms in total. The number of aryl methyl sites for hydroxylation is 1. The van der Waals surface area contributed by atoms with Crippen LogP contribution in [0, 0.1) is 6.92 Å². The molecule has 0 spiro atoms. The number of amides is 1. The quantitative estimate of drug-likeness (QED) is 0.549. The van der Waals surface area contributed by atoms with Crippen molar-refractivity contribution in [2.45, 2.75) is 19.8 Å². The summed E-state index contributed by atoms with van der Waals surface area (Å²) < 4.78 is 11.2. The predicted octanol–water partition coefficient (Wildman–Crippen LogP) is 4.34. The first-order chi connectivity index (χ1) is 12.0. The lowest BCUT2D eigenvalue weighted by molar-refractivity contribution is -0.116. The molecule has 2 aromatic rings. The first-order valence-corrected chi connectivity index (χ1v) is 8.66. The maximum atomic E-state index is 11.9. The summed E-state index contributed by atoms with van der Waals surface area (Å²) >= 11 is 3.46. The fraction of sp³-hybridized carbons (Fsp3) is 0.263. The molecule has 1 amide bonds. The zero-order valence-corrected chi connectivity index (χ0v) is 15.8. The van der Waals surface area contributed by atoms with Gasteiger partial charge in [-0.1, -0.05) is 6.07 Å². The molecule has 0 heterocycles. The molecule has 0 aliphatic rings. The molecule has 0 aliphatic carbocycles. The van der Waals surface area contributed by atoms with Gasteiger partial charge in [-0.05, 0) is 71.2 Å². The minimum Gasteiger partial charge on any atom is -0.492 e. The van der Waals surface area contributed by atoms with E-state index in [1.807, 2.05) is 25.1 Å². The first kappa shape index (κ1) is 19.0. The lowest BCUT2D eigenvalue weighted by Crippen LogP contribution is -2.13. The molecule has 0 unspecified atom stereocenters. The van der Waals surface area contributed by atoms with Crippen molar-refractivity contribution in [1.29, 1.82) is 0 Å². The van der Waals surface area contributed by atoms with Crippen LogP contribution in [-0.4, -0.2) is 25.6 Å². The van der Waals surface area contributed by atoms with E-state index >= 15 is 0 Å². The zero-order valence-electron chi connectivity index (χ0n) is 14.2. The van der Waals surface area contributed by atoms with Crippen molar-refractivity contribution in [3.8, 4) is 5.75 Å². The van der Waals surface area contributed by atoms with E-state index in [-0.39, 0.29) is 5.91 Å². The molecule has 2 aromatic carbocycles. The molecule has 0 atom stereocenters. The third kappa shape index (κ3) is 5.90. The van der Waals surface area contributed by atoms with Gasteiger partial charge in [-0.2, -0.15) is 0 Å². The average molecular weight is 406 g/mol. The molecule has 0 aromatic heterocycles. The van der Waals surface area contributed by atoms with Crippen LogP contribution in [0.2, 0.25) is 0 Å². The Morgan fingerprint density at radius 2 is 1.84 bits per heavy atom. The monoisotopic (exact) mass is 405 g/mol. The van der Waals surface area contributed by atoms with Crippen LogP contribution in [0.5, 0.6) is 5.75 Å². The summed E-state index contributed by atoms with van der Waals surface area (Å²) in [5.41, 5.74) is 2.23. The van der Waals surface area contributed by atoms with Crippen LogP contribution in [0.4, 0.5) is 5.69 Å². The molecule has 0 radical (unpaired) electrons. The van der Waals surface area contributed by atoms with Gasteiger partial charge in [0.2, 0.25) is 5.91 Å². The average Bonchev–Trinajstić information content (AvgIpc) is 2.60. The van der Waals surface area contributed by atoms with E-state index < -0.39 is 5.97 Å². The minimum atomic E-state index is -0.405. The molecule has 1 N–H and O–H groups in total. The van der Waals surface area contributed by atoms with Crippen molar-refractivity contribution in [3.63, 3.8) is 0 Å². The predicted molar refractivity (Wildman–Crippen MR) is 100 cm³/mol. The Balaban J connectivity index is 1.74. The highest BCUT2D eigenvalue weighted by molar-refractivity contribution is 9.10. The van der Waals surface area contributed by atoms with Crippen LogP contribution < -0.4 is 10.1 Å². The van der Waals surface area contributed by atoms with E-state index in [0.29, 0.717) is 30.7 Å². The Hall–Kier alpha value is -2.34. The van der Waals surface area contributed by atoms with Crippen LogP contribution in [0.3, 0.4) is 0 Å². The van der Waals surface area contributed by atoms with Crippen LogP contribution >= 0.6 is 15.9 Å². The zero-order chi connectivity index (χ0) is 18.2. The van der Waals surface area contributed by atoms with Crippen LogP contribution in [0.1, 0.15) is 28.8 Å². The maximum Gasteiger partial charge on any atom is 0.337 e. The number of nitrogens with one attached hydrogen (secondary N) is 1. The number of benzene rings is 2. The normalized spacial score (nSPS) is 10.2. The second-order valence-corrected chi connectivity index (χ2v) is 6.36. The SMILES string of the molecule is COC(=O)c1ccc(NC(=O)CCCOc2ccc(C)cc2Br)cc1. The summed E-state index contributed by atoms with van der Waals surface area (Å²) in [5, 5.41) is 2.79. The van der Waals surface area contributed by atoms with Crippen LogP contribution in [0.25, 0.3) is 0 Å². The van der Waals surface area contributed by atoms with Crippen molar-refractivity contribution in [2.24, 2.45) is 0 Å². The molecule has 0 saturated carbocycles. The van der Waals surface area contributed by atoms with Gasteiger partial charge in [0.1, 0.15) is 5.75 Å². The van der Waals surface area contributed by atoms with E-state index in [0.717, 1.165) is 15.8 Å². The second kappa shape index (κ2) is 9.22. The third-order valence-corrected chi connectivity index (χ3v) is 4.10. The number of ether oxygens (including phenoxy) is 2. The largest absolute Gasteiger partial charge is 0.492 e. The van der Waals surface area contributed by atoms with Gasteiger partial charge in [0, 0.05) is 12.1 Å². The lowest BCUT2D eigenvalue weighted by Gasteiger charge is -2.09. The molecule has 6 heteroatoms. The standard InChI is InChI=1S/C19H20BrNO4/c1-13-5-10-17(16(20)12-13)25-11-3-4-18(22)21-15-8-6-14(7-9-15)19(23)24-2/h5-10,12H,3-4,11H2,1-2H3,(H,21,22). The molecule has 25 heavy (non-hydrogen) atoms. The van der Waals surface area contributed by atoms with Gasteiger partial charge < -0.3 is 14.8 Å². The number of carbonyl (C=O) groups is 2. The Kier molecular flexibility index (Phi) is 7.01. The van der Waals surface area contributed by atoms with Crippen molar-refractivity contribution >= 4 is 33.5 Å². The number of anilines is 1. The highest BCUT2D eigenvalue weighted by Crippen LogP contribution is 2.25. The Bertz CT molecular complexity index is 744. The number of rotatable bonds is 7. The van der Waals surface area contributed by atoms with Crippen molar-refractivity contribution in [1.82, 2.24) is 0 Å². The van der Waals surface area contributed by atoms with E-state index in [4.69, 9.17) is 4.74 Å².